The Morgan fingerprint density at radius 1 is 1.45 bits per heavy atom. The van der Waals surface area contributed by atoms with Gasteiger partial charge in [-0.05, 0) is 25.0 Å². The molecule has 6 heteroatoms. The van der Waals surface area contributed by atoms with Crippen LogP contribution >= 0.6 is 11.6 Å². The summed E-state index contributed by atoms with van der Waals surface area (Å²) in [6, 6.07) is 3.77. The SMILES string of the molecule is Cc1nc2c(c(=O)[nH]1)CCN(Cc1ccc(Cl)nc1)C2. The van der Waals surface area contributed by atoms with Gasteiger partial charge in [0.15, 0.2) is 0 Å². The van der Waals surface area contributed by atoms with Gasteiger partial charge in [0, 0.05) is 31.4 Å². The van der Waals surface area contributed by atoms with Crippen LogP contribution in [0.25, 0.3) is 0 Å². The van der Waals surface area contributed by atoms with Crippen LogP contribution in [0.15, 0.2) is 23.1 Å². The monoisotopic (exact) mass is 290 g/mol. The summed E-state index contributed by atoms with van der Waals surface area (Å²) < 4.78 is 0. The topological polar surface area (TPSA) is 61.9 Å². The maximum Gasteiger partial charge on any atom is 0.254 e. The highest BCUT2D eigenvalue weighted by atomic mass is 35.5. The van der Waals surface area contributed by atoms with E-state index < -0.39 is 0 Å². The van der Waals surface area contributed by atoms with Crippen molar-refractivity contribution < 1.29 is 0 Å². The number of aromatic amines is 1. The lowest BCUT2D eigenvalue weighted by Crippen LogP contribution is -2.35. The average Bonchev–Trinajstić information content (AvgIpc) is 2.41. The van der Waals surface area contributed by atoms with Crippen molar-refractivity contribution in [3.8, 4) is 0 Å². The lowest BCUT2D eigenvalue weighted by atomic mass is 10.1. The highest BCUT2D eigenvalue weighted by molar-refractivity contribution is 6.29. The molecule has 0 amide bonds. The molecule has 2 aromatic heterocycles. The third-order valence-electron chi connectivity index (χ3n) is 3.47. The number of rotatable bonds is 2. The highest BCUT2D eigenvalue weighted by Crippen LogP contribution is 2.16. The predicted molar refractivity (Wildman–Crippen MR) is 76.7 cm³/mol. The Bertz CT molecular complexity index is 681. The molecule has 0 atom stereocenters. The summed E-state index contributed by atoms with van der Waals surface area (Å²) in [5, 5.41) is 0.501. The van der Waals surface area contributed by atoms with Gasteiger partial charge in [0.1, 0.15) is 11.0 Å². The molecular weight excluding hydrogens is 276 g/mol. The highest BCUT2D eigenvalue weighted by Gasteiger charge is 2.20. The van der Waals surface area contributed by atoms with Gasteiger partial charge in [-0.15, -0.1) is 0 Å². The van der Waals surface area contributed by atoms with Crippen LogP contribution < -0.4 is 5.56 Å². The van der Waals surface area contributed by atoms with E-state index in [4.69, 9.17) is 11.6 Å². The van der Waals surface area contributed by atoms with Crippen molar-refractivity contribution in [3.05, 3.63) is 56.5 Å². The Labute approximate surface area is 121 Å². The number of halogens is 1. The summed E-state index contributed by atoms with van der Waals surface area (Å²) in [5.74, 6) is 0.670. The second-order valence-corrected chi connectivity index (χ2v) is 5.41. The Morgan fingerprint density at radius 3 is 3.05 bits per heavy atom. The van der Waals surface area contributed by atoms with E-state index in [0.717, 1.165) is 36.3 Å². The molecule has 1 aliphatic rings. The van der Waals surface area contributed by atoms with Crippen LogP contribution in [0.5, 0.6) is 0 Å². The fourth-order valence-electron chi connectivity index (χ4n) is 2.51. The van der Waals surface area contributed by atoms with Gasteiger partial charge >= 0.3 is 0 Å². The van der Waals surface area contributed by atoms with E-state index in [9.17, 15) is 4.79 Å². The van der Waals surface area contributed by atoms with E-state index in [-0.39, 0.29) is 5.56 Å². The molecule has 1 N–H and O–H groups in total. The van der Waals surface area contributed by atoms with Crippen molar-refractivity contribution in [3.63, 3.8) is 0 Å². The van der Waals surface area contributed by atoms with E-state index in [1.54, 1.807) is 12.3 Å². The summed E-state index contributed by atoms with van der Waals surface area (Å²) in [6.07, 6.45) is 2.52. The van der Waals surface area contributed by atoms with Gasteiger partial charge in [0.2, 0.25) is 0 Å². The third-order valence-corrected chi connectivity index (χ3v) is 3.69. The fourth-order valence-corrected chi connectivity index (χ4v) is 2.62. The number of aromatic nitrogens is 3. The molecule has 3 heterocycles. The zero-order valence-electron chi connectivity index (χ0n) is 11.2. The molecular formula is C14H15ClN4O. The number of hydrogen-bond acceptors (Lipinski definition) is 4. The minimum Gasteiger partial charge on any atom is -0.311 e. The van der Waals surface area contributed by atoms with E-state index in [1.807, 2.05) is 13.0 Å². The van der Waals surface area contributed by atoms with E-state index in [0.29, 0.717) is 17.5 Å². The van der Waals surface area contributed by atoms with Crippen LogP contribution in [-0.2, 0) is 19.5 Å². The number of H-pyrrole nitrogens is 1. The van der Waals surface area contributed by atoms with Gasteiger partial charge in [-0.2, -0.15) is 0 Å². The van der Waals surface area contributed by atoms with Crippen LogP contribution in [-0.4, -0.2) is 26.4 Å². The van der Waals surface area contributed by atoms with Crippen molar-refractivity contribution in [2.45, 2.75) is 26.4 Å². The van der Waals surface area contributed by atoms with E-state index in [1.165, 1.54) is 0 Å². The molecule has 0 spiro atoms. The summed E-state index contributed by atoms with van der Waals surface area (Å²) >= 11 is 5.78. The van der Waals surface area contributed by atoms with Crippen LogP contribution in [0.2, 0.25) is 5.15 Å². The number of fused-ring (bicyclic) bond motifs is 1. The third kappa shape index (κ3) is 2.73. The van der Waals surface area contributed by atoms with Gasteiger partial charge in [-0.3, -0.25) is 9.69 Å². The normalized spacial score (nSPS) is 15.1. The molecule has 20 heavy (non-hydrogen) atoms. The number of aryl methyl sites for hydroxylation is 1. The quantitative estimate of drug-likeness (QED) is 0.855. The number of hydrogen-bond donors (Lipinski definition) is 1. The first-order valence-corrected chi connectivity index (χ1v) is 6.91. The van der Waals surface area contributed by atoms with Gasteiger partial charge in [0.05, 0.1) is 5.69 Å². The van der Waals surface area contributed by atoms with Crippen molar-refractivity contribution in [1.82, 2.24) is 19.9 Å². The van der Waals surface area contributed by atoms with Crippen molar-refractivity contribution >= 4 is 11.6 Å². The summed E-state index contributed by atoms with van der Waals surface area (Å²) in [7, 11) is 0. The van der Waals surface area contributed by atoms with Gasteiger partial charge < -0.3 is 4.98 Å². The molecule has 0 fully saturated rings. The number of pyridine rings is 1. The van der Waals surface area contributed by atoms with Crippen LogP contribution in [0.1, 0.15) is 22.6 Å². The molecule has 0 aromatic carbocycles. The van der Waals surface area contributed by atoms with Gasteiger partial charge in [0.25, 0.3) is 5.56 Å². The number of nitrogens with zero attached hydrogens (tertiary/aromatic N) is 3. The van der Waals surface area contributed by atoms with Gasteiger partial charge in [-0.25, -0.2) is 9.97 Å². The molecule has 3 rings (SSSR count). The molecule has 0 unspecified atom stereocenters. The Morgan fingerprint density at radius 2 is 2.30 bits per heavy atom. The zero-order valence-corrected chi connectivity index (χ0v) is 11.9. The van der Waals surface area contributed by atoms with Crippen LogP contribution in [0, 0.1) is 6.92 Å². The molecule has 5 nitrogen and oxygen atoms in total. The lowest BCUT2D eigenvalue weighted by Gasteiger charge is -2.27. The Hall–Kier alpha value is -1.72. The van der Waals surface area contributed by atoms with Crippen molar-refractivity contribution in [2.24, 2.45) is 0 Å². The molecule has 0 saturated carbocycles. The van der Waals surface area contributed by atoms with Crippen molar-refractivity contribution in [1.29, 1.82) is 0 Å². The minimum absolute atomic E-state index is 0.000287. The second-order valence-electron chi connectivity index (χ2n) is 5.03. The fraction of sp³-hybridized carbons (Fsp3) is 0.357. The van der Waals surface area contributed by atoms with E-state index >= 15 is 0 Å². The summed E-state index contributed by atoms with van der Waals surface area (Å²) in [5.41, 5.74) is 2.82. The smallest absolute Gasteiger partial charge is 0.254 e. The lowest BCUT2D eigenvalue weighted by molar-refractivity contribution is 0.240. The largest absolute Gasteiger partial charge is 0.311 e. The first-order chi connectivity index (χ1) is 9.61. The zero-order chi connectivity index (χ0) is 14.1. The Kier molecular flexibility index (Phi) is 3.54. The Balaban J connectivity index is 1.78. The first kappa shape index (κ1) is 13.3. The summed E-state index contributed by atoms with van der Waals surface area (Å²) in [6.45, 7) is 4.15. The minimum atomic E-state index is 0.000287. The predicted octanol–water partition coefficient (Wildman–Crippen LogP) is 1.69. The standard InChI is InChI=1S/C14H15ClN4O/c1-9-17-12-8-19(5-4-11(12)14(20)18-9)7-10-2-3-13(15)16-6-10/h2-3,6H,4-5,7-8H2,1H3,(H,17,18,20). The first-order valence-electron chi connectivity index (χ1n) is 6.53. The maximum absolute atomic E-state index is 11.8. The molecule has 0 saturated heterocycles. The average molecular weight is 291 g/mol. The molecule has 2 aromatic rings. The molecule has 1 aliphatic heterocycles. The summed E-state index contributed by atoms with van der Waals surface area (Å²) in [4.78, 5) is 25.4. The van der Waals surface area contributed by atoms with Crippen LogP contribution in [0.3, 0.4) is 0 Å². The maximum atomic E-state index is 11.8. The van der Waals surface area contributed by atoms with Gasteiger partial charge in [-0.1, -0.05) is 17.7 Å². The number of nitrogens with one attached hydrogen (secondary N) is 1. The van der Waals surface area contributed by atoms with Crippen LogP contribution in [0.4, 0.5) is 0 Å². The molecule has 104 valence electrons. The molecule has 0 radical (unpaired) electrons. The van der Waals surface area contributed by atoms with E-state index in [2.05, 4.69) is 19.9 Å². The second kappa shape index (κ2) is 5.34. The van der Waals surface area contributed by atoms with Crippen molar-refractivity contribution in [2.75, 3.05) is 6.54 Å². The molecule has 0 bridgehead atoms. The molecule has 0 aliphatic carbocycles.